The van der Waals surface area contributed by atoms with Gasteiger partial charge in [0.1, 0.15) is 0 Å². The first kappa shape index (κ1) is 16.5. The van der Waals surface area contributed by atoms with Crippen LogP contribution in [-0.4, -0.2) is 55.2 Å². The minimum atomic E-state index is 0.675. The highest BCUT2D eigenvalue weighted by Crippen LogP contribution is 2.38. The van der Waals surface area contributed by atoms with Gasteiger partial charge >= 0.3 is 0 Å². The van der Waals surface area contributed by atoms with Crippen LogP contribution in [0.3, 0.4) is 0 Å². The number of halogens is 1. The number of fused-ring (bicyclic) bond motifs is 1. The van der Waals surface area contributed by atoms with Crippen molar-refractivity contribution in [3.63, 3.8) is 0 Å². The zero-order valence-electron chi connectivity index (χ0n) is 14.3. The molecule has 2 heterocycles. The molecule has 0 atom stereocenters. The molecule has 0 aromatic heterocycles. The maximum Gasteiger partial charge on any atom is 0.179 e. The lowest BCUT2D eigenvalue weighted by Gasteiger charge is -2.38. The minimum Gasteiger partial charge on any atom is -0.489 e. The number of nitrogens with zero attached hydrogens (tertiary/aromatic N) is 2. The summed E-state index contributed by atoms with van der Waals surface area (Å²) in [5.41, 5.74) is 1.22. The first-order chi connectivity index (χ1) is 11.8. The number of benzene rings is 1. The minimum absolute atomic E-state index is 0.675. The molecular formula is C19H27ClN2O2. The highest BCUT2D eigenvalue weighted by Gasteiger charge is 2.26. The Kier molecular flexibility index (Phi) is 5.16. The first-order valence-electron chi connectivity index (χ1n) is 9.34. The molecule has 1 aliphatic carbocycles. The van der Waals surface area contributed by atoms with Crippen molar-refractivity contribution in [2.45, 2.75) is 44.7 Å². The van der Waals surface area contributed by atoms with Gasteiger partial charge < -0.3 is 9.47 Å². The number of piperazine rings is 1. The highest BCUT2D eigenvalue weighted by molar-refractivity contribution is 6.32. The molecule has 0 bridgehead atoms. The van der Waals surface area contributed by atoms with Gasteiger partial charge in [-0.1, -0.05) is 24.4 Å². The van der Waals surface area contributed by atoms with Crippen LogP contribution >= 0.6 is 11.6 Å². The molecule has 2 aliphatic heterocycles. The molecule has 1 aromatic carbocycles. The van der Waals surface area contributed by atoms with Crippen LogP contribution in [0.25, 0.3) is 0 Å². The zero-order valence-corrected chi connectivity index (χ0v) is 15.1. The Balaban J connectivity index is 1.37. The summed E-state index contributed by atoms with van der Waals surface area (Å²) >= 11 is 6.42. The number of hydrogen-bond acceptors (Lipinski definition) is 4. The van der Waals surface area contributed by atoms with Crippen LogP contribution in [0.4, 0.5) is 0 Å². The molecule has 4 rings (SSSR count). The molecule has 1 aromatic rings. The Morgan fingerprint density at radius 1 is 0.958 bits per heavy atom. The number of hydrogen-bond donors (Lipinski definition) is 0. The van der Waals surface area contributed by atoms with E-state index >= 15 is 0 Å². The molecule has 5 heteroatoms. The van der Waals surface area contributed by atoms with Crippen LogP contribution in [-0.2, 0) is 6.54 Å². The van der Waals surface area contributed by atoms with Crippen molar-refractivity contribution in [2.75, 3.05) is 39.4 Å². The van der Waals surface area contributed by atoms with Crippen LogP contribution in [0.15, 0.2) is 12.1 Å². The monoisotopic (exact) mass is 350 g/mol. The van der Waals surface area contributed by atoms with Gasteiger partial charge in [-0.25, -0.2) is 0 Å². The smallest absolute Gasteiger partial charge is 0.179 e. The van der Waals surface area contributed by atoms with E-state index in [1.54, 1.807) is 0 Å². The van der Waals surface area contributed by atoms with Crippen molar-refractivity contribution in [1.82, 2.24) is 9.80 Å². The third kappa shape index (κ3) is 3.66. The molecule has 3 aliphatic rings. The lowest BCUT2D eigenvalue weighted by molar-refractivity contribution is 0.0936. The van der Waals surface area contributed by atoms with E-state index in [1.807, 2.05) is 6.07 Å². The summed E-state index contributed by atoms with van der Waals surface area (Å²) in [5, 5.41) is 0.675. The Hall–Kier alpha value is -0.970. The van der Waals surface area contributed by atoms with Crippen LogP contribution < -0.4 is 9.47 Å². The fourth-order valence-electron chi connectivity index (χ4n) is 4.19. The molecule has 1 saturated carbocycles. The van der Waals surface area contributed by atoms with Crippen LogP contribution in [0, 0.1) is 0 Å². The van der Waals surface area contributed by atoms with E-state index in [1.165, 1.54) is 44.3 Å². The normalized spacial score (nSPS) is 23.4. The third-order valence-corrected chi connectivity index (χ3v) is 5.80. The predicted octanol–water partition coefficient (Wildman–Crippen LogP) is 3.56. The Bertz CT molecular complexity index is 567. The molecule has 4 nitrogen and oxygen atoms in total. The van der Waals surface area contributed by atoms with Gasteiger partial charge in [-0.2, -0.15) is 0 Å². The molecule has 0 spiro atoms. The second-order valence-corrected chi connectivity index (χ2v) is 7.61. The Morgan fingerprint density at radius 3 is 2.50 bits per heavy atom. The largest absolute Gasteiger partial charge is 0.489 e. The molecule has 24 heavy (non-hydrogen) atoms. The summed E-state index contributed by atoms with van der Waals surface area (Å²) in [6, 6.07) is 4.99. The summed E-state index contributed by atoms with van der Waals surface area (Å²) in [5.74, 6) is 1.52. The maximum atomic E-state index is 6.42. The van der Waals surface area contributed by atoms with Crippen molar-refractivity contribution < 1.29 is 9.47 Å². The van der Waals surface area contributed by atoms with Crippen molar-refractivity contribution >= 4 is 11.6 Å². The summed E-state index contributed by atoms with van der Waals surface area (Å²) < 4.78 is 11.5. The van der Waals surface area contributed by atoms with Gasteiger partial charge in [0.25, 0.3) is 0 Å². The fraction of sp³-hybridized carbons (Fsp3) is 0.684. The molecule has 0 N–H and O–H groups in total. The van der Waals surface area contributed by atoms with E-state index in [0.29, 0.717) is 24.0 Å². The highest BCUT2D eigenvalue weighted by atomic mass is 35.5. The van der Waals surface area contributed by atoms with Crippen molar-refractivity contribution in [1.29, 1.82) is 0 Å². The second kappa shape index (κ2) is 7.51. The molecule has 0 amide bonds. The van der Waals surface area contributed by atoms with E-state index in [9.17, 15) is 0 Å². The predicted molar refractivity (Wildman–Crippen MR) is 96.2 cm³/mol. The van der Waals surface area contributed by atoms with E-state index in [4.69, 9.17) is 21.1 Å². The number of rotatable bonds is 3. The van der Waals surface area contributed by atoms with Gasteiger partial charge in [0.05, 0.1) is 18.2 Å². The molecule has 2 fully saturated rings. The van der Waals surface area contributed by atoms with Gasteiger partial charge in [-0.3, -0.25) is 9.80 Å². The van der Waals surface area contributed by atoms with Crippen molar-refractivity contribution in [3.05, 3.63) is 22.7 Å². The van der Waals surface area contributed by atoms with Crippen molar-refractivity contribution in [2.24, 2.45) is 0 Å². The van der Waals surface area contributed by atoms with Gasteiger partial charge in [-0.05, 0) is 30.5 Å². The summed E-state index contributed by atoms with van der Waals surface area (Å²) in [6.07, 6.45) is 6.54. The second-order valence-electron chi connectivity index (χ2n) is 7.21. The average Bonchev–Trinajstić information content (AvgIpc) is 3.01. The molecular weight excluding hydrogens is 324 g/mol. The average molecular weight is 351 g/mol. The van der Waals surface area contributed by atoms with Crippen LogP contribution in [0.2, 0.25) is 5.02 Å². The summed E-state index contributed by atoms with van der Waals surface area (Å²) in [7, 11) is 0. The summed E-state index contributed by atoms with van der Waals surface area (Å²) in [6.45, 7) is 6.99. The van der Waals surface area contributed by atoms with E-state index in [2.05, 4.69) is 15.9 Å². The molecule has 132 valence electrons. The fourth-order valence-corrected chi connectivity index (χ4v) is 4.48. The first-order valence-corrected chi connectivity index (χ1v) is 9.72. The number of ether oxygens (including phenoxy) is 2. The third-order valence-electron chi connectivity index (χ3n) is 5.52. The lowest BCUT2D eigenvalue weighted by Crippen LogP contribution is -2.49. The van der Waals surface area contributed by atoms with Gasteiger partial charge in [-0.15, -0.1) is 0 Å². The van der Waals surface area contributed by atoms with Gasteiger partial charge in [0.15, 0.2) is 11.5 Å². The lowest BCUT2D eigenvalue weighted by atomic mass is 10.1. The van der Waals surface area contributed by atoms with E-state index < -0.39 is 0 Å². The van der Waals surface area contributed by atoms with E-state index in [-0.39, 0.29) is 0 Å². The quantitative estimate of drug-likeness (QED) is 0.832. The van der Waals surface area contributed by atoms with Crippen LogP contribution in [0.1, 0.15) is 37.7 Å². The maximum absolute atomic E-state index is 6.42. The zero-order chi connectivity index (χ0) is 16.4. The van der Waals surface area contributed by atoms with Crippen molar-refractivity contribution in [3.8, 4) is 11.5 Å². The molecule has 0 unspecified atom stereocenters. The Morgan fingerprint density at radius 2 is 1.71 bits per heavy atom. The van der Waals surface area contributed by atoms with Crippen LogP contribution in [0.5, 0.6) is 11.5 Å². The SMILES string of the molecule is Clc1cc(CN2CCN(C3CCCC3)CC2)cc2c1OCCCO2. The molecule has 1 saturated heterocycles. The van der Waals surface area contributed by atoms with E-state index in [0.717, 1.165) is 37.8 Å². The van der Waals surface area contributed by atoms with Gasteiger partial charge in [0, 0.05) is 45.2 Å². The standard InChI is InChI=1S/C19H27ClN2O2/c20-17-12-15(13-18-19(17)24-11-3-10-23-18)14-21-6-8-22(9-7-21)16-4-1-2-5-16/h12-13,16H,1-11,14H2. The Labute approximate surface area is 149 Å². The topological polar surface area (TPSA) is 24.9 Å². The molecule has 0 radical (unpaired) electrons. The summed E-state index contributed by atoms with van der Waals surface area (Å²) in [4.78, 5) is 5.23. The van der Waals surface area contributed by atoms with Gasteiger partial charge in [0.2, 0.25) is 0 Å².